The summed E-state index contributed by atoms with van der Waals surface area (Å²) in [5.74, 6) is 0. The number of amides is 1. The molecule has 2 aromatic rings. The van der Waals surface area contributed by atoms with Crippen molar-refractivity contribution in [1.82, 2.24) is 19.8 Å². The van der Waals surface area contributed by atoms with Crippen molar-refractivity contribution in [2.24, 2.45) is 0 Å². The molecule has 124 valence electrons. The summed E-state index contributed by atoms with van der Waals surface area (Å²) < 4.78 is 5.56. The van der Waals surface area contributed by atoms with Gasteiger partial charge in [-0.1, -0.05) is 12.1 Å². The topological polar surface area (TPSA) is 58.6 Å². The van der Waals surface area contributed by atoms with E-state index in [1.54, 1.807) is 12.4 Å². The first-order valence-electron chi connectivity index (χ1n) is 8.28. The highest BCUT2D eigenvalue weighted by Crippen LogP contribution is 2.27. The number of carbonyl (C=O) groups is 1. The molecule has 2 fully saturated rings. The fourth-order valence-electron chi connectivity index (χ4n) is 3.50. The molecule has 0 aromatic carbocycles. The average molecular weight is 324 g/mol. The minimum atomic E-state index is -0.193. The number of likely N-dealkylation sites (tertiary alicyclic amines) is 1. The fourth-order valence-corrected chi connectivity index (χ4v) is 3.50. The Labute approximate surface area is 141 Å². The molecule has 6 heteroatoms. The second kappa shape index (κ2) is 6.57. The molecule has 4 rings (SSSR count). The van der Waals surface area contributed by atoms with E-state index in [4.69, 9.17) is 4.74 Å². The lowest BCUT2D eigenvalue weighted by molar-refractivity contribution is 0.120. The Hall–Kier alpha value is -2.47. The van der Waals surface area contributed by atoms with Crippen molar-refractivity contribution in [3.8, 4) is 0 Å². The number of hydrogen-bond donors (Lipinski definition) is 0. The van der Waals surface area contributed by atoms with Crippen molar-refractivity contribution >= 4 is 6.09 Å². The summed E-state index contributed by atoms with van der Waals surface area (Å²) in [6.07, 6.45) is 5.98. The van der Waals surface area contributed by atoms with Crippen LogP contribution in [-0.2, 0) is 17.7 Å². The van der Waals surface area contributed by atoms with Crippen molar-refractivity contribution in [1.29, 1.82) is 0 Å². The maximum atomic E-state index is 12.1. The van der Waals surface area contributed by atoms with Crippen LogP contribution in [0.15, 0.2) is 48.9 Å². The van der Waals surface area contributed by atoms with Crippen molar-refractivity contribution in [2.75, 3.05) is 19.6 Å². The summed E-state index contributed by atoms with van der Waals surface area (Å²) in [4.78, 5) is 24.8. The molecule has 1 amide bonds. The first-order valence-corrected chi connectivity index (χ1v) is 8.28. The quantitative estimate of drug-likeness (QED) is 0.838. The summed E-state index contributed by atoms with van der Waals surface area (Å²) in [5, 5.41) is 0. The zero-order chi connectivity index (χ0) is 16.4. The van der Waals surface area contributed by atoms with Gasteiger partial charge in [0.1, 0.15) is 6.10 Å². The third kappa shape index (κ3) is 3.10. The molecule has 2 aliphatic heterocycles. The standard InChI is InChI=1S/C18H20N4O2/c23-18-22(9-6-15-5-1-2-8-20-15)16-12-21(13-17(16)24-18)11-14-4-3-7-19-10-14/h1-5,7-8,10,16-17H,6,9,11-13H2/t16-,17+/m0/s1. The van der Waals surface area contributed by atoms with Crippen LogP contribution in [0.1, 0.15) is 11.3 Å². The van der Waals surface area contributed by atoms with Gasteiger partial charge in [-0.25, -0.2) is 4.79 Å². The Bertz CT molecular complexity index is 695. The van der Waals surface area contributed by atoms with Gasteiger partial charge in [-0.15, -0.1) is 0 Å². The Morgan fingerprint density at radius 3 is 2.92 bits per heavy atom. The molecular weight excluding hydrogens is 304 g/mol. The third-order valence-electron chi connectivity index (χ3n) is 4.66. The van der Waals surface area contributed by atoms with Crippen molar-refractivity contribution in [2.45, 2.75) is 25.1 Å². The summed E-state index contributed by atoms with van der Waals surface area (Å²) in [5.41, 5.74) is 2.18. The smallest absolute Gasteiger partial charge is 0.410 e. The van der Waals surface area contributed by atoms with E-state index in [1.165, 1.54) is 5.56 Å². The molecule has 0 radical (unpaired) electrons. The van der Waals surface area contributed by atoms with Crippen molar-refractivity contribution in [3.05, 3.63) is 60.2 Å². The number of pyridine rings is 2. The Morgan fingerprint density at radius 2 is 2.12 bits per heavy atom. The minimum absolute atomic E-state index is 0.0297. The van der Waals surface area contributed by atoms with Crippen LogP contribution in [0.2, 0.25) is 0 Å². The molecule has 0 spiro atoms. The minimum Gasteiger partial charge on any atom is -0.442 e. The lowest BCUT2D eigenvalue weighted by atomic mass is 10.2. The molecule has 0 aliphatic carbocycles. The second-order valence-corrected chi connectivity index (χ2v) is 6.31. The molecule has 2 saturated heterocycles. The number of hydrogen-bond acceptors (Lipinski definition) is 5. The highest BCUT2D eigenvalue weighted by atomic mass is 16.6. The van der Waals surface area contributed by atoms with Gasteiger partial charge in [0.2, 0.25) is 0 Å². The van der Waals surface area contributed by atoms with Gasteiger partial charge in [-0.05, 0) is 23.8 Å². The molecule has 4 heterocycles. The molecular formula is C18H20N4O2. The maximum absolute atomic E-state index is 12.1. The van der Waals surface area contributed by atoms with Gasteiger partial charge in [0, 0.05) is 56.9 Å². The van der Waals surface area contributed by atoms with Crippen LogP contribution in [0.25, 0.3) is 0 Å². The van der Waals surface area contributed by atoms with Gasteiger partial charge < -0.3 is 4.74 Å². The van der Waals surface area contributed by atoms with E-state index in [2.05, 4.69) is 20.9 Å². The van der Waals surface area contributed by atoms with Gasteiger partial charge in [0.05, 0.1) is 6.04 Å². The second-order valence-electron chi connectivity index (χ2n) is 6.31. The zero-order valence-corrected chi connectivity index (χ0v) is 13.4. The van der Waals surface area contributed by atoms with Crippen LogP contribution >= 0.6 is 0 Å². The van der Waals surface area contributed by atoms with E-state index in [-0.39, 0.29) is 18.2 Å². The third-order valence-corrected chi connectivity index (χ3v) is 4.66. The molecule has 0 saturated carbocycles. The maximum Gasteiger partial charge on any atom is 0.410 e. The zero-order valence-electron chi connectivity index (χ0n) is 13.4. The van der Waals surface area contributed by atoms with E-state index in [0.717, 1.165) is 31.7 Å². The Balaban J connectivity index is 1.37. The normalized spacial score (nSPS) is 23.3. The summed E-state index contributed by atoms with van der Waals surface area (Å²) >= 11 is 0. The van der Waals surface area contributed by atoms with Crippen LogP contribution in [0.3, 0.4) is 0 Å². The van der Waals surface area contributed by atoms with Crippen LogP contribution in [0, 0.1) is 0 Å². The van der Waals surface area contributed by atoms with Crippen LogP contribution in [0.4, 0.5) is 4.79 Å². The molecule has 24 heavy (non-hydrogen) atoms. The van der Waals surface area contributed by atoms with E-state index < -0.39 is 0 Å². The number of rotatable bonds is 5. The van der Waals surface area contributed by atoms with E-state index in [0.29, 0.717) is 6.54 Å². The lowest BCUT2D eigenvalue weighted by Gasteiger charge is -2.22. The van der Waals surface area contributed by atoms with Gasteiger partial charge in [-0.3, -0.25) is 19.8 Å². The average Bonchev–Trinajstić information content (AvgIpc) is 3.11. The first-order chi connectivity index (χ1) is 11.8. The first kappa shape index (κ1) is 15.1. The molecule has 2 aromatic heterocycles. The molecule has 6 nitrogen and oxygen atoms in total. The summed E-state index contributed by atoms with van der Waals surface area (Å²) in [7, 11) is 0. The number of nitrogens with zero attached hydrogens (tertiary/aromatic N) is 4. The summed E-state index contributed by atoms with van der Waals surface area (Å²) in [6.45, 7) is 3.11. The Kier molecular flexibility index (Phi) is 4.13. The van der Waals surface area contributed by atoms with Crippen LogP contribution in [0.5, 0.6) is 0 Å². The highest BCUT2D eigenvalue weighted by Gasteiger charge is 2.47. The largest absolute Gasteiger partial charge is 0.442 e. The Morgan fingerprint density at radius 1 is 1.17 bits per heavy atom. The van der Waals surface area contributed by atoms with Crippen molar-refractivity contribution in [3.63, 3.8) is 0 Å². The monoisotopic (exact) mass is 324 g/mol. The van der Waals surface area contributed by atoms with Gasteiger partial charge in [-0.2, -0.15) is 0 Å². The highest BCUT2D eigenvalue weighted by molar-refractivity contribution is 5.71. The number of carbonyl (C=O) groups excluding carboxylic acids is 1. The van der Waals surface area contributed by atoms with Gasteiger partial charge >= 0.3 is 6.09 Å². The summed E-state index contributed by atoms with van der Waals surface area (Å²) in [6, 6.07) is 10.0. The number of fused-ring (bicyclic) bond motifs is 1. The number of ether oxygens (including phenoxy) is 1. The van der Waals surface area contributed by atoms with Crippen molar-refractivity contribution < 1.29 is 9.53 Å². The molecule has 0 N–H and O–H groups in total. The molecule has 2 atom stereocenters. The van der Waals surface area contributed by atoms with Crippen LogP contribution < -0.4 is 0 Å². The molecule has 2 aliphatic rings. The fraction of sp³-hybridized carbons (Fsp3) is 0.389. The van der Waals surface area contributed by atoms with E-state index in [9.17, 15) is 4.79 Å². The predicted octanol–water partition coefficient (Wildman–Crippen LogP) is 1.72. The lowest BCUT2D eigenvalue weighted by Crippen LogP contribution is -2.39. The number of aromatic nitrogens is 2. The van der Waals surface area contributed by atoms with Crippen LogP contribution in [-0.4, -0.2) is 57.6 Å². The molecule has 0 unspecified atom stereocenters. The van der Waals surface area contributed by atoms with E-state index in [1.807, 2.05) is 35.4 Å². The SMILES string of the molecule is O=C1O[C@@H]2CN(Cc3cccnc3)C[C@@H]2N1CCc1ccccn1. The predicted molar refractivity (Wildman–Crippen MR) is 88.2 cm³/mol. The van der Waals surface area contributed by atoms with Gasteiger partial charge in [0.25, 0.3) is 0 Å². The van der Waals surface area contributed by atoms with E-state index >= 15 is 0 Å². The molecule has 0 bridgehead atoms. The van der Waals surface area contributed by atoms with Gasteiger partial charge in [0.15, 0.2) is 0 Å².